The van der Waals surface area contributed by atoms with Crippen LogP contribution in [0.1, 0.15) is 28.8 Å². The standard InChI is InChI=1S/C25H27N3O2S/c1-30-24-9-3-2-8-23(24)28-15-5-7-21(17-28)27-25(29)20-10-12-22(13-11-20)31-18-19-6-4-14-26-16-19/h2-4,6,8-14,16,21H,5,7,15,17-18H2,1H3,(H,27,29). The van der Waals surface area contributed by atoms with Crippen LogP contribution in [0, 0.1) is 0 Å². The number of anilines is 1. The number of hydrogen-bond donors (Lipinski definition) is 1. The van der Waals surface area contributed by atoms with Crippen LogP contribution in [0.25, 0.3) is 0 Å². The number of benzene rings is 2. The van der Waals surface area contributed by atoms with Gasteiger partial charge in [-0.15, -0.1) is 11.8 Å². The lowest BCUT2D eigenvalue weighted by Crippen LogP contribution is -2.47. The topological polar surface area (TPSA) is 54.5 Å². The van der Waals surface area contributed by atoms with Gasteiger partial charge >= 0.3 is 0 Å². The van der Waals surface area contributed by atoms with E-state index >= 15 is 0 Å². The van der Waals surface area contributed by atoms with E-state index in [4.69, 9.17) is 4.74 Å². The fourth-order valence-electron chi connectivity index (χ4n) is 3.83. The van der Waals surface area contributed by atoms with Gasteiger partial charge in [0.25, 0.3) is 5.91 Å². The number of thioether (sulfide) groups is 1. The summed E-state index contributed by atoms with van der Waals surface area (Å²) in [7, 11) is 1.70. The SMILES string of the molecule is COc1ccccc1N1CCCC(NC(=O)c2ccc(SCc3cccnc3)cc2)C1. The van der Waals surface area contributed by atoms with Gasteiger partial charge in [-0.05, 0) is 60.9 Å². The Hall–Kier alpha value is -2.99. The zero-order chi connectivity index (χ0) is 21.5. The van der Waals surface area contributed by atoms with E-state index in [0.29, 0.717) is 5.56 Å². The summed E-state index contributed by atoms with van der Waals surface area (Å²) in [6, 6.07) is 20.0. The summed E-state index contributed by atoms with van der Waals surface area (Å²) < 4.78 is 5.51. The number of para-hydroxylation sites is 2. The highest BCUT2D eigenvalue weighted by atomic mass is 32.2. The minimum Gasteiger partial charge on any atom is -0.495 e. The van der Waals surface area contributed by atoms with Gasteiger partial charge in [0, 0.05) is 47.7 Å². The highest BCUT2D eigenvalue weighted by Gasteiger charge is 2.23. The van der Waals surface area contributed by atoms with E-state index in [0.717, 1.165) is 48.0 Å². The van der Waals surface area contributed by atoms with E-state index in [1.54, 1.807) is 25.1 Å². The number of methoxy groups -OCH3 is 1. The molecule has 1 unspecified atom stereocenters. The fraction of sp³-hybridized carbons (Fsp3) is 0.280. The van der Waals surface area contributed by atoms with Gasteiger partial charge in [-0.25, -0.2) is 0 Å². The van der Waals surface area contributed by atoms with Crippen molar-refractivity contribution >= 4 is 23.4 Å². The molecule has 6 heteroatoms. The molecule has 0 bridgehead atoms. The monoisotopic (exact) mass is 433 g/mol. The molecule has 2 aromatic carbocycles. The Morgan fingerprint density at radius 2 is 2.00 bits per heavy atom. The first-order valence-electron chi connectivity index (χ1n) is 10.5. The van der Waals surface area contributed by atoms with Crippen LogP contribution in [-0.2, 0) is 5.75 Å². The Morgan fingerprint density at radius 1 is 1.16 bits per heavy atom. The third kappa shape index (κ3) is 5.58. The van der Waals surface area contributed by atoms with Gasteiger partial charge in [0.2, 0.25) is 0 Å². The zero-order valence-electron chi connectivity index (χ0n) is 17.7. The second-order valence-corrected chi connectivity index (χ2v) is 8.65. The van der Waals surface area contributed by atoms with Crippen molar-refractivity contribution in [3.63, 3.8) is 0 Å². The van der Waals surface area contributed by atoms with Crippen molar-refractivity contribution in [3.8, 4) is 5.75 Å². The summed E-state index contributed by atoms with van der Waals surface area (Å²) in [6.45, 7) is 1.75. The van der Waals surface area contributed by atoms with Crippen molar-refractivity contribution in [2.24, 2.45) is 0 Å². The van der Waals surface area contributed by atoms with Crippen LogP contribution >= 0.6 is 11.8 Å². The van der Waals surface area contributed by atoms with Gasteiger partial charge in [-0.3, -0.25) is 9.78 Å². The molecule has 160 valence electrons. The van der Waals surface area contributed by atoms with Gasteiger partial charge in [-0.2, -0.15) is 0 Å². The number of nitrogens with zero attached hydrogens (tertiary/aromatic N) is 2. The molecule has 1 fully saturated rings. The molecule has 31 heavy (non-hydrogen) atoms. The summed E-state index contributed by atoms with van der Waals surface area (Å²) in [5.41, 5.74) is 2.96. The second kappa shape index (κ2) is 10.4. The van der Waals surface area contributed by atoms with E-state index in [1.165, 1.54) is 5.56 Å². The quantitative estimate of drug-likeness (QED) is 0.544. The molecule has 1 amide bonds. The smallest absolute Gasteiger partial charge is 0.251 e. The van der Waals surface area contributed by atoms with Crippen molar-refractivity contribution < 1.29 is 9.53 Å². The van der Waals surface area contributed by atoms with E-state index in [9.17, 15) is 4.79 Å². The first kappa shape index (κ1) is 21.2. The van der Waals surface area contributed by atoms with Gasteiger partial charge in [-0.1, -0.05) is 18.2 Å². The number of pyridine rings is 1. The van der Waals surface area contributed by atoms with Gasteiger partial charge in [0.1, 0.15) is 5.75 Å². The van der Waals surface area contributed by atoms with Gasteiger partial charge < -0.3 is 15.0 Å². The molecular formula is C25H27N3O2S. The molecule has 0 saturated carbocycles. The Morgan fingerprint density at radius 3 is 2.77 bits per heavy atom. The molecule has 5 nitrogen and oxygen atoms in total. The lowest BCUT2D eigenvalue weighted by atomic mass is 10.0. The molecule has 1 N–H and O–H groups in total. The lowest BCUT2D eigenvalue weighted by Gasteiger charge is -2.35. The fourth-order valence-corrected chi connectivity index (χ4v) is 4.66. The van der Waals surface area contributed by atoms with Crippen LogP contribution in [0.15, 0.2) is 78.0 Å². The Kier molecular flexibility index (Phi) is 7.10. The molecule has 2 heterocycles. The maximum atomic E-state index is 12.8. The van der Waals surface area contributed by atoms with Crippen LogP contribution < -0.4 is 15.0 Å². The number of nitrogens with one attached hydrogen (secondary N) is 1. The molecule has 1 atom stereocenters. The van der Waals surface area contributed by atoms with Crippen LogP contribution in [-0.4, -0.2) is 37.1 Å². The average molecular weight is 434 g/mol. The van der Waals surface area contributed by atoms with E-state index in [1.807, 2.05) is 54.7 Å². The third-order valence-electron chi connectivity index (χ3n) is 5.43. The van der Waals surface area contributed by atoms with Crippen molar-refractivity contribution in [2.75, 3.05) is 25.1 Å². The number of amides is 1. The largest absolute Gasteiger partial charge is 0.495 e. The van der Waals surface area contributed by atoms with Gasteiger partial charge in [0.15, 0.2) is 0 Å². The predicted octanol–water partition coefficient (Wildman–Crippen LogP) is 4.78. The van der Waals surface area contributed by atoms with Crippen LogP contribution in [0.4, 0.5) is 5.69 Å². The number of hydrogen-bond acceptors (Lipinski definition) is 5. The number of ether oxygens (including phenoxy) is 1. The third-order valence-corrected chi connectivity index (χ3v) is 6.51. The summed E-state index contributed by atoms with van der Waals surface area (Å²) in [5.74, 6) is 1.71. The number of carbonyl (C=O) groups is 1. The number of aromatic nitrogens is 1. The maximum absolute atomic E-state index is 12.8. The number of carbonyl (C=O) groups excluding carboxylic acids is 1. The molecule has 1 aliphatic heterocycles. The summed E-state index contributed by atoms with van der Waals surface area (Å²) in [5, 5.41) is 3.21. The molecule has 0 radical (unpaired) electrons. The van der Waals surface area contributed by atoms with E-state index in [2.05, 4.69) is 27.3 Å². The Balaban J connectivity index is 1.33. The molecule has 0 aliphatic carbocycles. The Bertz CT molecular complexity index is 995. The van der Waals surface area contributed by atoms with Crippen LogP contribution in [0.5, 0.6) is 5.75 Å². The summed E-state index contributed by atoms with van der Waals surface area (Å²) >= 11 is 1.74. The minimum atomic E-state index is -0.0179. The normalized spacial score (nSPS) is 16.0. The maximum Gasteiger partial charge on any atom is 0.251 e. The molecule has 1 aromatic heterocycles. The molecular weight excluding hydrogens is 406 g/mol. The minimum absolute atomic E-state index is 0.0179. The Labute approximate surface area is 187 Å². The molecule has 1 aliphatic rings. The van der Waals surface area contributed by atoms with Gasteiger partial charge in [0.05, 0.1) is 12.8 Å². The van der Waals surface area contributed by atoms with Crippen LogP contribution in [0.2, 0.25) is 0 Å². The van der Waals surface area contributed by atoms with Crippen molar-refractivity contribution in [1.29, 1.82) is 0 Å². The lowest BCUT2D eigenvalue weighted by molar-refractivity contribution is 0.0933. The number of rotatable bonds is 7. The molecule has 4 rings (SSSR count). The predicted molar refractivity (Wildman–Crippen MR) is 126 cm³/mol. The molecule has 3 aromatic rings. The van der Waals surface area contributed by atoms with Crippen molar-refractivity contribution in [2.45, 2.75) is 29.5 Å². The van der Waals surface area contributed by atoms with E-state index in [-0.39, 0.29) is 11.9 Å². The highest BCUT2D eigenvalue weighted by Crippen LogP contribution is 2.30. The summed E-state index contributed by atoms with van der Waals surface area (Å²) in [4.78, 5) is 20.4. The highest BCUT2D eigenvalue weighted by molar-refractivity contribution is 7.98. The van der Waals surface area contributed by atoms with Crippen LogP contribution in [0.3, 0.4) is 0 Å². The van der Waals surface area contributed by atoms with Crippen molar-refractivity contribution in [3.05, 3.63) is 84.2 Å². The number of piperidine rings is 1. The molecule has 0 spiro atoms. The average Bonchev–Trinajstić information content (AvgIpc) is 2.84. The first-order valence-corrected chi connectivity index (χ1v) is 11.5. The van der Waals surface area contributed by atoms with Crippen molar-refractivity contribution in [1.82, 2.24) is 10.3 Å². The molecule has 1 saturated heterocycles. The zero-order valence-corrected chi connectivity index (χ0v) is 18.5. The first-order chi connectivity index (χ1) is 15.2. The second-order valence-electron chi connectivity index (χ2n) is 7.60. The summed E-state index contributed by atoms with van der Waals surface area (Å²) in [6.07, 6.45) is 5.68. The van der Waals surface area contributed by atoms with E-state index < -0.39 is 0 Å².